The van der Waals surface area contributed by atoms with E-state index in [0.717, 1.165) is 5.69 Å². The molecule has 0 saturated carbocycles. The summed E-state index contributed by atoms with van der Waals surface area (Å²) in [5.41, 5.74) is 3.38. The van der Waals surface area contributed by atoms with Crippen molar-refractivity contribution >= 4 is 28.9 Å². The largest absolute Gasteiger partial charge is 0.374 e. The van der Waals surface area contributed by atoms with E-state index < -0.39 is 0 Å². The summed E-state index contributed by atoms with van der Waals surface area (Å²) in [4.78, 5) is 8.57. The zero-order valence-electron chi connectivity index (χ0n) is 11.1. The molecule has 1 aromatic carbocycles. The highest BCUT2D eigenvalue weighted by molar-refractivity contribution is 6.30. The maximum Gasteiger partial charge on any atom is 0.158 e. The van der Waals surface area contributed by atoms with Gasteiger partial charge in [0.05, 0.1) is 0 Å². The van der Waals surface area contributed by atoms with Gasteiger partial charge in [-0.3, -0.25) is 0 Å². The number of hydrogen-bond acceptors (Lipinski definition) is 6. The van der Waals surface area contributed by atoms with Crippen molar-refractivity contribution < 1.29 is 4.74 Å². The number of nitrogens with zero attached hydrogens (tertiary/aromatic N) is 2. The number of halogens is 1. The summed E-state index contributed by atoms with van der Waals surface area (Å²) in [5, 5.41) is 3.84. The number of aromatic nitrogens is 2. The Morgan fingerprint density at radius 3 is 2.55 bits per heavy atom. The molecule has 1 heterocycles. The van der Waals surface area contributed by atoms with Crippen LogP contribution >= 0.6 is 11.6 Å². The Bertz CT molecular complexity index is 561. The smallest absolute Gasteiger partial charge is 0.158 e. The van der Waals surface area contributed by atoms with Gasteiger partial charge in [0.2, 0.25) is 0 Å². The molecule has 0 aliphatic carbocycles. The predicted octanol–water partition coefficient (Wildman–Crippen LogP) is 2.70. The lowest BCUT2D eigenvalue weighted by molar-refractivity contribution is 0.128. The topological polar surface area (TPSA) is 85.1 Å². The molecule has 0 spiro atoms. The first-order chi connectivity index (χ1) is 9.71. The summed E-state index contributed by atoms with van der Waals surface area (Å²) in [6.07, 6.45) is 0. The Balaban J connectivity index is 2.19. The summed E-state index contributed by atoms with van der Waals surface area (Å²) in [6, 6.07) is 9.04. The van der Waals surface area contributed by atoms with Crippen LogP contribution < -0.4 is 16.6 Å². The first kappa shape index (κ1) is 14.5. The molecular formula is C13H16ClN5O. The molecule has 20 heavy (non-hydrogen) atoms. The average molecular weight is 294 g/mol. The Kier molecular flexibility index (Phi) is 5.11. The average Bonchev–Trinajstić information content (AvgIpc) is 2.47. The van der Waals surface area contributed by atoms with Gasteiger partial charge in [-0.05, 0) is 31.2 Å². The predicted molar refractivity (Wildman–Crippen MR) is 79.9 cm³/mol. The lowest BCUT2D eigenvalue weighted by Crippen LogP contribution is -2.12. The maximum atomic E-state index is 5.85. The number of hydrogen-bond donors (Lipinski definition) is 3. The molecule has 6 nitrogen and oxygen atoms in total. The number of benzene rings is 1. The van der Waals surface area contributed by atoms with E-state index in [1.54, 1.807) is 18.2 Å². The summed E-state index contributed by atoms with van der Waals surface area (Å²) in [7, 11) is 0. The normalized spacial score (nSPS) is 10.3. The van der Waals surface area contributed by atoms with Gasteiger partial charge >= 0.3 is 0 Å². The van der Waals surface area contributed by atoms with Crippen LogP contribution in [0.1, 0.15) is 12.7 Å². The molecular weight excluding hydrogens is 278 g/mol. The highest BCUT2D eigenvalue weighted by Crippen LogP contribution is 2.19. The lowest BCUT2D eigenvalue weighted by atomic mass is 10.3. The fraction of sp³-hybridized carbons (Fsp3) is 0.231. The van der Waals surface area contributed by atoms with E-state index in [-0.39, 0.29) is 0 Å². The van der Waals surface area contributed by atoms with Gasteiger partial charge in [-0.15, -0.1) is 0 Å². The molecule has 1 aromatic heterocycles. The summed E-state index contributed by atoms with van der Waals surface area (Å²) < 4.78 is 5.30. The van der Waals surface area contributed by atoms with E-state index in [9.17, 15) is 0 Å². The van der Waals surface area contributed by atoms with Crippen LogP contribution in [0.5, 0.6) is 0 Å². The summed E-state index contributed by atoms with van der Waals surface area (Å²) in [6.45, 7) is 2.85. The molecule has 7 heteroatoms. The lowest BCUT2D eigenvalue weighted by Gasteiger charge is -2.10. The van der Waals surface area contributed by atoms with Gasteiger partial charge in [0.1, 0.15) is 18.2 Å². The maximum absolute atomic E-state index is 5.85. The zero-order chi connectivity index (χ0) is 14.4. The third-order valence-electron chi connectivity index (χ3n) is 2.47. The van der Waals surface area contributed by atoms with Crippen molar-refractivity contribution in [3.8, 4) is 0 Å². The van der Waals surface area contributed by atoms with Crippen molar-refractivity contribution in [3.63, 3.8) is 0 Å². The molecule has 0 saturated heterocycles. The first-order valence-electron chi connectivity index (χ1n) is 6.16. The van der Waals surface area contributed by atoms with Gasteiger partial charge in [-0.25, -0.2) is 15.8 Å². The Morgan fingerprint density at radius 2 is 1.90 bits per heavy atom. The van der Waals surface area contributed by atoms with Crippen LogP contribution in [0, 0.1) is 0 Å². The van der Waals surface area contributed by atoms with Gasteiger partial charge in [0.15, 0.2) is 5.82 Å². The first-order valence-corrected chi connectivity index (χ1v) is 6.54. The van der Waals surface area contributed by atoms with Gasteiger partial charge in [-0.1, -0.05) is 11.6 Å². The number of nitrogens with two attached hydrogens (primary N) is 1. The van der Waals surface area contributed by atoms with Crippen molar-refractivity contribution in [2.45, 2.75) is 13.5 Å². The second kappa shape index (κ2) is 7.04. The standard InChI is InChI=1S/C13H16ClN5O/c1-2-20-8-13-17-11(7-12(18-13)19-15)16-10-5-3-9(14)4-6-10/h3-7H,2,8,15H2,1H3,(H2,16,17,18,19). The molecule has 0 aliphatic heterocycles. The molecule has 0 atom stereocenters. The highest BCUT2D eigenvalue weighted by atomic mass is 35.5. The molecule has 0 unspecified atom stereocenters. The molecule has 0 fully saturated rings. The van der Waals surface area contributed by atoms with E-state index in [1.807, 2.05) is 19.1 Å². The minimum atomic E-state index is 0.335. The van der Waals surface area contributed by atoms with E-state index in [1.165, 1.54) is 0 Å². The molecule has 0 aliphatic rings. The Hall–Kier alpha value is -1.89. The van der Waals surface area contributed by atoms with Crippen molar-refractivity contribution in [3.05, 3.63) is 41.2 Å². The molecule has 2 rings (SSSR count). The Labute approximate surface area is 122 Å². The molecule has 0 radical (unpaired) electrons. The third kappa shape index (κ3) is 4.06. The number of nitrogens with one attached hydrogen (secondary N) is 2. The van der Waals surface area contributed by atoms with Crippen LogP contribution in [0.25, 0.3) is 0 Å². The van der Waals surface area contributed by atoms with Gasteiger partial charge < -0.3 is 15.5 Å². The van der Waals surface area contributed by atoms with E-state index >= 15 is 0 Å². The summed E-state index contributed by atoms with van der Waals surface area (Å²) in [5.74, 6) is 7.11. The molecule has 2 aromatic rings. The third-order valence-corrected chi connectivity index (χ3v) is 2.72. The van der Waals surface area contributed by atoms with E-state index in [2.05, 4.69) is 20.7 Å². The van der Waals surface area contributed by atoms with Crippen LogP contribution in [0.15, 0.2) is 30.3 Å². The van der Waals surface area contributed by atoms with Crippen molar-refractivity contribution in [1.29, 1.82) is 0 Å². The molecule has 106 valence electrons. The second-order valence-corrected chi connectivity index (χ2v) is 4.40. The number of nitrogen functional groups attached to an aromatic ring is 1. The number of hydrazine groups is 1. The summed E-state index contributed by atoms with van der Waals surface area (Å²) >= 11 is 5.85. The fourth-order valence-corrected chi connectivity index (χ4v) is 1.70. The fourth-order valence-electron chi connectivity index (χ4n) is 1.57. The van der Waals surface area contributed by atoms with Gasteiger partial charge in [0.25, 0.3) is 0 Å². The van der Waals surface area contributed by atoms with Crippen LogP contribution in [0.2, 0.25) is 5.02 Å². The second-order valence-electron chi connectivity index (χ2n) is 3.97. The number of rotatable bonds is 6. The van der Waals surface area contributed by atoms with Crippen LogP contribution in [-0.4, -0.2) is 16.6 Å². The van der Waals surface area contributed by atoms with Crippen LogP contribution in [0.4, 0.5) is 17.3 Å². The monoisotopic (exact) mass is 293 g/mol. The number of anilines is 3. The van der Waals surface area contributed by atoms with Crippen molar-refractivity contribution in [1.82, 2.24) is 9.97 Å². The van der Waals surface area contributed by atoms with E-state index in [0.29, 0.717) is 35.7 Å². The van der Waals surface area contributed by atoms with Crippen LogP contribution in [0.3, 0.4) is 0 Å². The number of ether oxygens (including phenoxy) is 1. The van der Waals surface area contributed by atoms with Crippen LogP contribution in [-0.2, 0) is 11.3 Å². The van der Waals surface area contributed by atoms with Crippen molar-refractivity contribution in [2.24, 2.45) is 5.84 Å². The molecule has 0 amide bonds. The molecule has 4 N–H and O–H groups in total. The van der Waals surface area contributed by atoms with Gasteiger partial charge in [0, 0.05) is 23.4 Å². The highest BCUT2D eigenvalue weighted by Gasteiger charge is 2.05. The Morgan fingerprint density at radius 1 is 1.20 bits per heavy atom. The van der Waals surface area contributed by atoms with Crippen molar-refractivity contribution in [2.75, 3.05) is 17.3 Å². The quantitative estimate of drug-likeness (QED) is 0.561. The minimum Gasteiger partial charge on any atom is -0.374 e. The van der Waals surface area contributed by atoms with Gasteiger partial charge in [-0.2, -0.15) is 0 Å². The minimum absolute atomic E-state index is 0.335. The zero-order valence-corrected chi connectivity index (χ0v) is 11.8. The van der Waals surface area contributed by atoms with E-state index in [4.69, 9.17) is 22.2 Å². The molecule has 0 bridgehead atoms. The SMILES string of the molecule is CCOCc1nc(NN)cc(Nc2ccc(Cl)cc2)n1.